The number of carbonyl (C=O) groups excluding carboxylic acids is 1. The number of nitrogens with zero attached hydrogens (tertiary/aromatic N) is 3. The molecule has 0 atom stereocenters. The van der Waals surface area contributed by atoms with Crippen molar-refractivity contribution < 1.29 is 13.2 Å². The van der Waals surface area contributed by atoms with Gasteiger partial charge in [-0.15, -0.1) is 11.3 Å². The first-order valence-corrected chi connectivity index (χ1v) is 12.5. The highest BCUT2D eigenvalue weighted by Crippen LogP contribution is 2.27. The van der Waals surface area contributed by atoms with Crippen molar-refractivity contribution in [2.45, 2.75) is 43.0 Å². The van der Waals surface area contributed by atoms with Crippen LogP contribution in [0, 0.1) is 0 Å². The Labute approximate surface area is 186 Å². The third-order valence-electron chi connectivity index (χ3n) is 5.53. The maximum absolute atomic E-state index is 13.0. The van der Waals surface area contributed by atoms with Crippen LogP contribution in [-0.4, -0.2) is 41.7 Å². The van der Waals surface area contributed by atoms with E-state index in [2.05, 4.69) is 15.3 Å². The number of thiazole rings is 1. The minimum absolute atomic E-state index is 0.0416. The summed E-state index contributed by atoms with van der Waals surface area (Å²) in [7, 11) is -1.94. The molecule has 0 radical (unpaired) electrons. The normalized spacial score (nSPS) is 15.2. The molecule has 1 fully saturated rings. The molecular weight excluding hydrogens is 432 g/mol. The van der Waals surface area contributed by atoms with Gasteiger partial charge in [-0.2, -0.15) is 4.31 Å². The minimum Gasteiger partial charge on any atom is -0.298 e. The second-order valence-corrected chi connectivity index (χ2v) is 10.4. The first kappa shape index (κ1) is 21.6. The van der Waals surface area contributed by atoms with Crippen molar-refractivity contribution in [3.63, 3.8) is 0 Å². The zero-order chi connectivity index (χ0) is 21.8. The van der Waals surface area contributed by atoms with Gasteiger partial charge in [0.15, 0.2) is 5.13 Å². The molecule has 1 aliphatic rings. The Hall–Kier alpha value is -2.62. The topological polar surface area (TPSA) is 92.3 Å². The van der Waals surface area contributed by atoms with Gasteiger partial charge in [0.1, 0.15) is 5.69 Å². The van der Waals surface area contributed by atoms with Gasteiger partial charge in [0.2, 0.25) is 10.0 Å². The van der Waals surface area contributed by atoms with Crippen LogP contribution in [0.5, 0.6) is 0 Å². The predicted molar refractivity (Wildman–Crippen MR) is 122 cm³/mol. The molecule has 0 aliphatic heterocycles. The van der Waals surface area contributed by atoms with Crippen LogP contribution in [0.4, 0.5) is 5.13 Å². The lowest BCUT2D eigenvalue weighted by Crippen LogP contribution is -2.38. The molecule has 3 aromatic rings. The number of amides is 1. The molecule has 0 unspecified atom stereocenters. The monoisotopic (exact) mass is 456 g/mol. The molecule has 9 heteroatoms. The van der Waals surface area contributed by atoms with Gasteiger partial charge < -0.3 is 0 Å². The summed E-state index contributed by atoms with van der Waals surface area (Å²) in [6, 6.07) is 11.6. The maximum atomic E-state index is 13.0. The summed E-state index contributed by atoms with van der Waals surface area (Å²) in [6.45, 7) is 0. The summed E-state index contributed by atoms with van der Waals surface area (Å²) in [6.07, 6.45) is 6.75. The van der Waals surface area contributed by atoms with Gasteiger partial charge in [-0.3, -0.25) is 15.1 Å². The number of aromatic nitrogens is 2. The number of benzene rings is 1. The van der Waals surface area contributed by atoms with Crippen molar-refractivity contribution in [1.82, 2.24) is 14.3 Å². The Balaban J connectivity index is 1.44. The van der Waals surface area contributed by atoms with Gasteiger partial charge in [0.25, 0.3) is 5.91 Å². The van der Waals surface area contributed by atoms with Crippen molar-refractivity contribution in [1.29, 1.82) is 0 Å². The summed E-state index contributed by atoms with van der Waals surface area (Å²) in [5, 5.41) is 5.05. The third kappa shape index (κ3) is 4.84. The molecule has 1 saturated carbocycles. The highest BCUT2D eigenvalue weighted by Gasteiger charge is 2.29. The Morgan fingerprint density at radius 1 is 1.06 bits per heavy atom. The number of anilines is 1. The average molecular weight is 457 g/mol. The van der Waals surface area contributed by atoms with Gasteiger partial charge in [0, 0.05) is 30.2 Å². The van der Waals surface area contributed by atoms with Crippen LogP contribution < -0.4 is 5.32 Å². The first-order valence-electron chi connectivity index (χ1n) is 10.2. The number of sulfonamides is 1. The minimum atomic E-state index is -3.58. The number of carbonyl (C=O) groups is 1. The first-order chi connectivity index (χ1) is 14.9. The molecule has 0 saturated heterocycles. The van der Waals surface area contributed by atoms with E-state index >= 15 is 0 Å². The molecule has 31 heavy (non-hydrogen) atoms. The van der Waals surface area contributed by atoms with E-state index in [1.165, 1.54) is 39.9 Å². The highest BCUT2D eigenvalue weighted by atomic mass is 32.2. The van der Waals surface area contributed by atoms with Crippen molar-refractivity contribution >= 4 is 32.4 Å². The summed E-state index contributed by atoms with van der Waals surface area (Å²) in [4.78, 5) is 21.4. The fourth-order valence-electron chi connectivity index (χ4n) is 3.72. The zero-order valence-electron chi connectivity index (χ0n) is 17.2. The molecule has 1 aliphatic carbocycles. The summed E-state index contributed by atoms with van der Waals surface area (Å²) >= 11 is 1.31. The second kappa shape index (κ2) is 9.25. The van der Waals surface area contributed by atoms with Crippen LogP contribution in [0.3, 0.4) is 0 Å². The lowest BCUT2D eigenvalue weighted by Gasteiger charge is -2.30. The van der Waals surface area contributed by atoms with Crippen LogP contribution in [0.1, 0.15) is 42.5 Å². The molecule has 0 bridgehead atoms. The fourth-order valence-corrected chi connectivity index (χ4v) is 5.83. The van der Waals surface area contributed by atoms with Crippen LogP contribution in [0.25, 0.3) is 11.4 Å². The van der Waals surface area contributed by atoms with Crippen LogP contribution in [-0.2, 0) is 10.0 Å². The second-order valence-electron chi connectivity index (χ2n) is 7.54. The Morgan fingerprint density at radius 3 is 2.48 bits per heavy atom. The van der Waals surface area contributed by atoms with Crippen molar-refractivity contribution in [3.8, 4) is 11.4 Å². The standard InChI is InChI=1S/C22H24N4O3S2/c1-26(17-7-3-2-4-8-17)31(28,29)18-12-10-16(11-13-18)21(27)25-22-24-20(15-30-22)19-9-5-6-14-23-19/h5-6,9-15,17H,2-4,7-8H2,1H3,(H,24,25,27). The number of pyridine rings is 1. The quantitative estimate of drug-likeness (QED) is 0.593. The van der Waals surface area contributed by atoms with Gasteiger partial charge >= 0.3 is 0 Å². The van der Waals surface area contributed by atoms with E-state index in [9.17, 15) is 13.2 Å². The van der Waals surface area contributed by atoms with Gasteiger partial charge in [-0.1, -0.05) is 25.3 Å². The SMILES string of the molecule is CN(C1CCCCC1)S(=O)(=O)c1ccc(C(=O)Nc2nc(-c3ccccn3)cs2)cc1. The largest absolute Gasteiger partial charge is 0.298 e. The summed E-state index contributed by atoms with van der Waals surface area (Å²) in [5.41, 5.74) is 1.79. The van der Waals surface area contributed by atoms with E-state index in [0.29, 0.717) is 16.4 Å². The van der Waals surface area contributed by atoms with E-state index in [1.54, 1.807) is 13.2 Å². The number of hydrogen-bond donors (Lipinski definition) is 1. The van der Waals surface area contributed by atoms with Crippen molar-refractivity contribution in [2.24, 2.45) is 0 Å². The molecule has 2 aromatic heterocycles. The van der Waals surface area contributed by atoms with Crippen LogP contribution in [0.15, 0.2) is 58.9 Å². The Kier molecular flexibility index (Phi) is 6.45. The maximum Gasteiger partial charge on any atom is 0.257 e. The molecule has 0 spiro atoms. The molecule has 7 nitrogen and oxygen atoms in total. The Bertz CT molecular complexity index is 1140. The van der Waals surface area contributed by atoms with Crippen LogP contribution >= 0.6 is 11.3 Å². The smallest absolute Gasteiger partial charge is 0.257 e. The van der Waals surface area contributed by atoms with Gasteiger partial charge in [-0.25, -0.2) is 13.4 Å². The lowest BCUT2D eigenvalue weighted by molar-refractivity contribution is 0.102. The molecule has 1 aromatic carbocycles. The summed E-state index contributed by atoms with van der Waals surface area (Å²) < 4.78 is 27.4. The molecule has 2 heterocycles. The molecule has 1 amide bonds. The van der Waals surface area contributed by atoms with E-state index < -0.39 is 10.0 Å². The van der Waals surface area contributed by atoms with E-state index in [4.69, 9.17) is 0 Å². The van der Waals surface area contributed by atoms with E-state index in [0.717, 1.165) is 37.8 Å². The third-order valence-corrected chi connectivity index (χ3v) is 8.22. The average Bonchev–Trinajstić information content (AvgIpc) is 3.28. The molecule has 4 rings (SSSR count). The lowest BCUT2D eigenvalue weighted by atomic mass is 9.96. The van der Waals surface area contributed by atoms with E-state index in [-0.39, 0.29) is 16.8 Å². The highest BCUT2D eigenvalue weighted by molar-refractivity contribution is 7.89. The summed E-state index contributed by atoms with van der Waals surface area (Å²) in [5.74, 6) is -0.341. The van der Waals surface area contributed by atoms with Crippen LogP contribution in [0.2, 0.25) is 0 Å². The van der Waals surface area contributed by atoms with Gasteiger partial charge in [-0.05, 0) is 49.2 Å². The molecule has 1 N–H and O–H groups in total. The van der Waals surface area contributed by atoms with Crippen molar-refractivity contribution in [3.05, 3.63) is 59.6 Å². The number of hydrogen-bond acceptors (Lipinski definition) is 6. The molecule has 162 valence electrons. The number of rotatable bonds is 6. The predicted octanol–water partition coefficient (Wildman–Crippen LogP) is 4.41. The zero-order valence-corrected chi connectivity index (χ0v) is 18.8. The van der Waals surface area contributed by atoms with Crippen molar-refractivity contribution in [2.75, 3.05) is 12.4 Å². The van der Waals surface area contributed by atoms with Gasteiger partial charge in [0.05, 0.1) is 10.6 Å². The van der Waals surface area contributed by atoms with E-state index in [1.807, 2.05) is 23.6 Å². The number of nitrogens with one attached hydrogen (secondary N) is 1. The molecular formula is C22H24N4O3S2. The fraction of sp³-hybridized carbons (Fsp3) is 0.318. The Morgan fingerprint density at radius 2 is 1.81 bits per heavy atom.